The Morgan fingerprint density at radius 2 is 1.72 bits per heavy atom. The van der Waals surface area contributed by atoms with Crippen molar-refractivity contribution in [1.29, 1.82) is 0 Å². The molecule has 0 radical (unpaired) electrons. The van der Waals surface area contributed by atoms with Crippen LogP contribution in [0.1, 0.15) is 45.4 Å². The van der Waals surface area contributed by atoms with Crippen molar-refractivity contribution in [3.05, 3.63) is 29.3 Å². The molecule has 2 aliphatic rings. The minimum Gasteiger partial charge on any atom is -0.342 e. The first-order valence-corrected chi connectivity index (χ1v) is 11.8. The third-order valence-electron chi connectivity index (χ3n) is 5.62. The SMILES string of the molecule is CC(Sc1nnc(N2CCCC2)n1-c1cccc(Cl)c1)C(=O)N1CCCCCC1. The second-order valence-corrected chi connectivity index (χ2v) is 9.54. The number of rotatable bonds is 5. The lowest BCUT2D eigenvalue weighted by Gasteiger charge is -2.24. The van der Waals surface area contributed by atoms with Gasteiger partial charge in [0.25, 0.3) is 0 Å². The largest absolute Gasteiger partial charge is 0.342 e. The van der Waals surface area contributed by atoms with E-state index in [-0.39, 0.29) is 11.2 Å². The second-order valence-electron chi connectivity index (χ2n) is 7.79. The summed E-state index contributed by atoms with van der Waals surface area (Å²) in [6, 6.07) is 7.74. The molecule has 8 heteroatoms. The normalized spacial score (nSPS) is 18.7. The molecule has 2 aromatic rings. The van der Waals surface area contributed by atoms with Crippen LogP contribution in [0.3, 0.4) is 0 Å². The molecular formula is C21H28ClN5OS. The predicted octanol–water partition coefficient (Wildman–Crippen LogP) is 4.40. The summed E-state index contributed by atoms with van der Waals surface area (Å²) >= 11 is 7.75. The highest BCUT2D eigenvalue weighted by molar-refractivity contribution is 8.00. The summed E-state index contributed by atoms with van der Waals surface area (Å²) in [6.07, 6.45) is 6.95. The van der Waals surface area contributed by atoms with Gasteiger partial charge in [-0.2, -0.15) is 0 Å². The minimum atomic E-state index is -0.207. The van der Waals surface area contributed by atoms with Gasteiger partial charge in [0.1, 0.15) is 0 Å². The van der Waals surface area contributed by atoms with Crippen LogP contribution >= 0.6 is 23.4 Å². The van der Waals surface area contributed by atoms with E-state index < -0.39 is 0 Å². The van der Waals surface area contributed by atoms with E-state index in [1.807, 2.05) is 40.7 Å². The Bertz CT molecular complexity index is 843. The van der Waals surface area contributed by atoms with Crippen molar-refractivity contribution in [2.75, 3.05) is 31.1 Å². The summed E-state index contributed by atoms with van der Waals surface area (Å²) in [5.74, 6) is 1.03. The number of carbonyl (C=O) groups excluding carboxylic acids is 1. The number of nitrogens with zero attached hydrogens (tertiary/aromatic N) is 5. The molecule has 1 aromatic carbocycles. The fourth-order valence-electron chi connectivity index (χ4n) is 4.06. The third-order valence-corrected chi connectivity index (χ3v) is 6.88. The fraction of sp³-hybridized carbons (Fsp3) is 0.571. The van der Waals surface area contributed by atoms with Crippen LogP contribution in [0, 0.1) is 0 Å². The van der Waals surface area contributed by atoms with Crippen LogP contribution in [0.2, 0.25) is 5.02 Å². The number of anilines is 1. The van der Waals surface area contributed by atoms with Gasteiger partial charge in [-0.05, 0) is 50.8 Å². The Hall–Kier alpha value is -1.73. The molecule has 3 heterocycles. The molecule has 4 rings (SSSR count). The standard InChI is InChI=1S/C21H28ClN5OS/c1-16(19(28)25-11-4-2-3-5-12-25)29-21-24-23-20(26-13-6-7-14-26)27(21)18-10-8-9-17(22)15-18/h8-10,15-16H,2-7,11-14H2,1H3. The van der Waals surface area contributed by atoms with Crippen molar-refractivity contribution in [1.82, 2.24) is 19.7 Å². The summed E-state index contributed by atoms with van der Waals surface area (Å²) in [6.45, 7) is 5.66. The lowest BCUT2D eigenvalue weighted by atomic mass is 10.2. The maximum Gasteiger partial charge on any atom is 0.235 e. The summed E-state index contributed by atoms with van der Waals surface area (Å²) in [4.78, 5) is 17.3. The first kappa shape index (κ1) is 20.5. The highest BCUT2D eigenvalue weighted by Crippen LogP contribution is 2.32. The molecule has 0 saturated carbocycles. The minimum absolute atomic E-state index is 0.195. The number of halogens is 1. The van der Waals surface area contributed by atoms with Gasteiger partial charge in [-0.3, -0.25) is 9.36 Å². The molecule has 0 aliphatic carbocycles. The number of hydrogen-bond donors (Lipinski definition) is 0. The lowest BCUT2D eigenvalue weighted by molar-refractivity contribution is -0.130. The van der Waals surface area contributed by atoms with Crippen molar-refractivity contribution in [3.8, 4) is 5.69 Å². The number of aromatic nitrogens is 3. The highest BCUT2D eigenvalue weighted by Gasteiger charge is 2.27. The van der Waals surface area contributed by atoms with Crippen molar-refractivity contribution in [2.24, 2.45) is 0 Å². The van der Waals surface area contributed by atoms with E-state index >= 15 is 0 Å². The Kier molecular flexibility index (Phi) is 6.65. The van der Waals surface area contributed by atoms with Gasteiger partial charge in [-0.25, -0.2) is 0 Å². The van der Waals surface area contributed by atoms with E-state index in [2.05, 4.69) is 15.1 Å². The summed E-state index contributed by atoms with van der Waals surface area (Å²) < 4.78 is 2.05. The summed E-state index contributed by atoms with van der Waals surface area (Å²) in [5, 5.41) is 10.2. The van der Waals surface area contributed by atoms with Gasteiger partial charge in [0.2, 0.25) is 11.9 Å². The number of benzene rings is 1. The van der Waals surface area contributed by atoms with Gasteiger partial charge in [-0.1, -0.05) is 42.3 Å². The average Bonchev–Trinajstić information content (AvgIpc) is 3.30. The zero-order chi connectivity index (χ0) is 20.2. The zero-order valence-electron chi connectivity index (χ0n) is 16.9. The van der Waals surface area contributed by atoms with Crippen LogP contribution in [0.5, 0.6) is 0 Å². The Labute approximate surface area is 181 Å². The number of likely N-dealkylation sites (tertiary alicyclic amines) is 1. The van der Waals surface area contributed by atoms with Crippen LogP contribution in [0.4, 0.5) is 5.95 Å². The van der Waals surface area contributed by atoms with Gasteiger partial charge in [0.05, 0.1) is 10.9 Å². The topological polar surface area (TPSA) is 54.3 Å². The zero-order valence-corrected chi connectivity index (χ0v) is 18.5. The molecule has 156 valence electrons. The molecule has 2 aliphatic heterocycles. The molecule has 6 nitrogen and oxygen atoms in total. The quantitative estimate of drug-likeness (QED) is 0.654. The van der Waals surface area contributed by atoms with Crippen LogP contribution in [-0.2, 0) is 4.79 Å². The molecule has 2 saturated heterocycles. The van der Waals surface area contributed by atoms with E-state index in [0.29, 0.717) is 5.02 Å². The molecule has 1 amide bonds. The molecule has 1 aromatic heterocycles. The van der Waals surface area contributed by atoms with Gasteiger partial charge < -0.3 is 9.80 Å². The Morgan fingerprint density at radius 3 is 2.41 bits per heavy atom. The van der Waals surface area contributed by atoms with Crippen LogP contribution < -0.4 is 4.90 Å². The molecule has 0 spiro atoms. The average molecular weight is 434 g/mol. The first-order chi connectivity index (χ1) is 14.1. The van der Waals surface area contributed by atoms with Crippen LogP contribution in [0.15, 0.2) is 29.4 Å². The number of carbonyl (C=O) groups is 1. The molecule has 1 atom stereocenters. The lowest BCUT2D eigenvalue weighted by Crippen LogP contribution is -2.37. The third kappa shape index (κ3) is 4.72. The van der Waals surface area contributed by atoms with E-state index in [1.54, 1.807) is 0 Å². The number of amides is 1. The molecule has 29 heavy (non-hydrogen) atoms. The predicted molar refractivity (Wildman–Crippen MR) is 118 cm³/mol. The molecule has 1 unspecified atom stereocenters. The Balaban J connectivity index is 1.60. The maximum absolute atomic E-state index is 13.0. The smallest absolute Gasteiger partial charge is 0.235 e. The highest BCUT2D eigenvalue weighted by atomic mass is 35.5. The molecule has 0 N–H and O–H groups in total. The van der Waals surface area contributed by atoms with Crippen molar-refractivity contribution < 1.29 is 4.79 Å². The van der Waals surface area contributed by atoms with Gasteiger partial charge in [-0.15, -0.1) is 10.2 Å². The molecule has 0 bridgehead atoms. The van der Waals surface area contributed by atoms with Crippen LogP contribution in [-0.4, -0.2) is 57.0 Å². The summed E-state index contributed by atoms with van der Waals surface area (Å²) in [5.41, 5.74) is 0.932. The van der Waals surface area contributed by atoms with Crippen LogP contribution in [0.25, 0.3) is 5.69 Å². The van der Waals surface area contributed by atoms with E-state index in [0.717, 1.165) is 68.7 Å². The van der Waals surface area contributed by atoms with Gasteiger partial charge in [0.15, 0.2) is 5.16 Å². The first-order valence-electron chi connectivity index (χ1n) is 10.6. The Morgan fingerprint density at radius 1 is 1.03 bits per heavy atom. The molecular weight excluding hydrogens is 406 g/mol. The van der Waals surface area contributed by atoms with E-state index in [1.165, 1.54) is 24.6 Å². The van der Waals surface area contributed by atoms with Gasteiger partial charge in [0, 0.05) is 31.2 Å². The number of hydrogen-bond acceptors (Lipinski definition) is 5. The van der Waals surface area contributed by atoms with Crippen molar-refractivity contribution >= 4 is 35.2 Å². The van der Waals surface area contributed by atoms with Crippen molar-refractivity contribution in [3.63, 3.8) is 0 Å². The maximum atomic E-state index is 13.0. The molecule has 2 fully saturated rings. The van der Waals surface area contributed by atoms with E-state index in [4.69, 9.17) is 11.6 Å². The summed E-state index contributed by atoms with van der Waals surface area (Å²) in [7, 11) is 0. The monoisotopic (exact) mass is 433 g/mol. The fourth-order valence-corrected chi connectivity index (χ4v) is 5.19. The van der Waals surface area contributed by atoms with Gasteiger partial charge >= 0.3 is 0 Å². The number of thioether (sulfide) groups is 1. The van der Waals surface area contributed by atoms with E-state index in [9.17, 15) is 4.79 Å². The van der Waals surface area contributed by atoms with Crippen molar-refractivity contribution in [2.45, 2.75) is 55.9 Å². The second kappa shape index (κ2) is 9.39.